The summed E-state index contributed by atoms with van der Waals surface area (Å²) in [5.74, 6) is 0.701. The van der Waals surface area contributed by atoms with E-state index in [-0.39, 0.29) is 5.75 Å². The SMILES string of the molecule is COc1cc(CNc2ccc(SC)cc2)cc(I)c1O. The van der Waals surface area contributed by atoms with E-state index < -0.39 is 0 Å². The predicted molar refractivity (Wildman–Crippen MR) is 92.9 cm³/mol. The molecule has 0 atom stereocenters. The van der Waals surface area contributed by atoms with Gasteiger partial charge in [0.05, 0.1) is 10.7 Å². The van der Waals surface area contributed by atoms with Crippen LogP contribution in [0.3, 0.4) is 0 Å². The van der Waals surface area contributed by atoms with Crippen LogP contribution in [0.15, 0.2) is 41.3 Å². The first-order chi connectivity index (χ1) is 9.63. The number of ether oxygens (including phenoxy) is 1. The van der Waals surface area contributed by atoms with Crippen LogP contribution in [0.1, 0.15) is 5.56 Å². The Morgan fingerprint density at radius 3 is 2.55 bits per heavy atom. The molecule has 2 aromatic carbocycles. The molecule has 0 aromatic heterocycles. The number of hydrogen-bond acceptors (Lipinski definition) is 4. The zero-order chi connectivity index (χ0) is 14.5. The van der Waals surface area contributed by atoms with Gasteiger partial charge in [-0.3, -0.25) is 0 Å². The third-order valence-corrected chi connectivity index (χ3v) is 4.46. The van der Waals surface area contributed by atoms with Gasteiger partial charge in [-0.2, -0.15) is 0 Å². The van der Waals surface area contributed by atoms with E-state index in [1.807, 2.05) is 12.1 Å². The molecule has 0 heterocycles. The lowest BCUT2D eigenvalue weighted by atomic mass is 10.2. The fourth-order valence-electron chi connectivity index (χ4n) is 1.80. The molecule has 0 bridgehead atoms. The van der Waals surface area contributed by atoms with Crippen LogP contribution in [-0.4, -0.2) is 18.5 Å². The number of methoxy groups -OCH3 is 1. The summed E-state index contributed by atoms with van der Waals surface area (Å²) >= 11 is 3.83. The Bertz CT molecular complexity index is 587. The second-order valence-corrected chi connectivity index (χ2v) is 6.25. The molecule has 3 nitrogen and oxygen atoms in total. The van der Waals surface area contributed by atoms with Crippen LogP contribution in [0.25, 0.3) is 0 Å². The Kier molecular flexibility index (Phi) is 5.42. The lowest BCUT2D eigenvalue weighted by Crippen LogP contribution is -2.00. The highest BCUT2D eigenvalue weighted by Gasteiger charge is 2.08. The van der Waals surface area contributed by atoms with E-state index in [0.717, 1.165) is 14.8 Å². The van der Waals surface area contributed by atoms with Crippen molar-refractivity contribution in [1.82, 2.24) is 0 Å². The number of hydrogen-bond donors (Lipinski definition) is 2. The van der Waals surface area contributed by atoms with Crippen molar-refractivity contribution in [3.05, 3.63) is 45.5 Å². The summed E-state index contributed by atoms with van der Waals surface area (Å²) in [5, 5.41) is 13.2. The number of halogens is 1. The van der Waals surface area contributed by atoms with Crippen molar-refractivity contribution in [3.8, 4) is 11.5 Å². The van der Waals surface area contributed by atoms with Crippen LogP contribution in [-0.2, 0) is 6.54 Å². The minimum Gasteiger partial charge on any atom is -0.504 e. The number of aromatic hydroxyl groups is 1. The largest absolute Gasteiger partial charge is 0.504 e. The molecule has 5 heteroatoms. The Labute approximate surface area is 136 Å². The van der Waals surface area contributed by atoms with Gasteiger partial charge in [-0.25, -0.2) is 0 Å². The molecule has 2 N–H and O–H groups in total. The molecule has 2 rings (SSSR count). The monoisotopic (exact) mass is 401 g/mol. The molecule has 2 aromatic rings. The van der Waals surface area contributed by atoms with E-state index in [4.69, 9.17) is 4.74 Å². The minimum atomic E-state index is 0.196. The van der Waals surface area contributed by atoms with Gasteiger partial charge in [-0.05, 0) is 70.8 Å². The second-order valence-electron chi connectivity index (χ2n) is 4.21. The minimum absolute atomic E-state index is 0.196. The molecule has 0 amide bonds. The molecular weight excluding hydrogens is 385 g/mol. The average molecular weight is 401 g/mol. The summed E-state index contributed by atoms with van der Waals surface area (Å²) in [6.45, 7) is 0.686. The van der Waals surface area contributed by atoms with Gasteiger partial charge in [-0.1, -0.05) is 0 Å². The summed E-state index contributed by atoms with van der Waals surface area (Å²) in [4.78, 5) is 1.25. The average Bonchev–Trinajstić information content (AvgIpc) is 2.48. The lowest BCUT2D eigenvalue weighted by Gasteiger charge is -2.11. The van der Waals surface area contributed by atoms with E-state index in [1.54, 1.807) is 18.9 Å². The van der Waals surface area contributed by atoms with Gasteiger partial charge in [0.2, 0.25) is 0 Å². The molecule has 0 aliphatic rings. The maximum absolute atomic E-state index is 9.81. The van der Waals surface area contributed by atoms with Crippen molar-refractivity contribution in [2.75, 3.05) is 18.7 Å². The normalized spacial score (nSPS) is 10.3. The van der Waals surface area contributed by atoms with Crippen LogP contribution < -0.4 is 10.1 Å². The molecule has 20 heavy (non-hydrogen) atoms. The third kappa shape index (κ3) is 3.73. The highest BCUT2D eigenvalue weighted by atomic mass is 127. The van der Waals surface area contributed by atoms with Crippen LogP contribution in [0.4, 0.5) is 5.69 Å². The molecule has 106 valence electrons. The van der Waals surface area contributed by atoms with Gasteiger partial charge in [0.15, 0.2) is 11.5 Å². The summed E-state index contributed by atoms with van der Waals surface area (Å²) in [6, 6.07) is 12.1. The van der Waals surface area contributed by atoms with Crippen molar-refractivity contribution < 1.29 is 9.84 Å². The molecule has 0 fully saturated rings. The fourth-order valence-corrected chi connectivity index (χ4v) is 2.87. The smallest absolute Gasteiger partial charge is 0.171 e. The van der Waals surface area contributed by atoms with Crippen molar-refractivity contribution in [2.45, 2.75) is 11.4 Å². The predicted octanol–water partition coefficient (Wildman–Crippen LogP) is 4.34. The Balaban J connectivity index is 2.08. The highest BCUT2D eigenvalue weighted by molar-refractivity contribution is 14.1. The lowest BCUT2D eigenvalue weighted by molar-refractivity contribution is 0.371. The highest BCUT2D eigenvalue weighted by Crippen LogP contribution is 2.32. The van der Waals surface area contributed by atoms with Gasteiger partial charge in [0.25, 0.3) is 0 Å². The van der Waals surface area contributed by atoms with Crippen LogP contribution in [0, 0.1) is 3.57 Å². The molecule has 0 saturated carbocycles. The van der Waals surface area contributed by atoms with Crippen LogP contribution in [0.2, 0.25) is 0 Å². The van der Waals surface area contributed by atoms with Gasteiger partial charge < -0.3 is 15.2 Å². The summed E-state index contributed by atoms with van der Waals surface area (Å²) in [7, 11) is 1.56. The molecule has 0 aliphatic carbocycles. The van der Waals surface area contributed by atoms with E-state index in [9.17, 15) is 5.11 Å². The fraction of sp³-hybridized carbons (Fsp3) is 0.200. The molecule has 0 spiro atoms. The maximum atomic E-state index is 9.81. The first-order valence-electron chi connectivity index (χ1n) is 6.07. The molecule has 0 radical (unpaired) electrons. The standard InChI is InChI=1S/C15H16INO2S/c1-19-14-8-10(7-13(16)15(14)18)9-17-11-3-5-12(20-2)6-4-11/h3-8,17-18H,9H2,1-2H3. The van der Waals surface area contributed by atoms with E-state index in [0.29, 0.717) is 12.3 Å². The molecular formula is C15H16INO2S. The zero-order valence-electron chi connectivity index (χ0n) is 11.3. The Hall–Kier alpha value is -1.08. The van der Waals surface area contributed by atoms with Gasteiger partial charge in [0.1, 0.15) is 0 Å². The number of thioether (sulfide) groups is 1. The first kappa shape index (κ1) is 15.3. The molecule has 0 unspecified atom stereocenters. The number of phenolic OH excluding ortho intramolecular Hbond substituents is 1. The van der Waals surface area contributed by atoms with Crippen molar-refractivity contribution in [3.63, 3.8) is 0 Å². The van der Waals surface area contributed by atoms with Crippen molar-refractivity contribution >= 4 is 40.0 Å². The summed E-state index contributed by atoms with van der Waals surface area (Å²) in [6.07, 6.45) is 2.06. The van der Waals surface area contributed by atoms with E-state index in [1.165, 1.54) is 4.90 Å². The number of phenols is 1. The topological polar surface area (TPSA) is 41.5 Å². The first-order valence-corrected chi connectivity index (χ1v) is 8.37. The molecule has 0 aliphatic heterocycles. The number of nitrogens with one attached hydrogen (secondary N) is 1. The summed E-state index contributed by atoms with van der Waals surface area (Å²) in [5.41, 5.74) is 2.14. The molecule has 0 saturated heterocycles. The van der Waals surface area contributed by atoms with Crippen LogP contribution in [0.5, 0.6) is 11.5 Å². The van der Waals surface area contributed by atoms with Gasteiger partial charge in [-0.15, -0.1) is 11.8 Å². The third-order valence-electron chi connectivity index (χ3n) is 2.89. The number of benzene rings is 2. The van der Waals surface area contributed by atoms with Crippen molar-refractivity contribution in [1.29, 1.82) is 0 Å². The Morgan fingerprint density at radius 1 is 1.25 bits per heavy atom. The quantitative estimate of drug-likeness (QED) is 0.578. The Morgan fingerprint density at radius 2 is 1.95 bits per heavy atom. The van der Waals surface area contributed by atoms with Crippen LogP contribution >= 0.6 is 34.4 Å². The number of anilines is 1. The van der Waals surface area contributed by atoms with E-state index >= 15 is 0 Å². The van der Waals surface area contributed by atoms with Crippen molar-refractivity contribution in [2.24, 2.45) is 0 Å². The zero-order valence-corrected chi connectivity index (χ0v) is 14.3. The number of rotatable bonds is 5. The van der Waals surface area contributed by atoms with Gasteiger partial charge >= 0.3 is 0 Å². The van der Waals surface area contributed by atoms with E-state index in [2.05, 4.69) is 58.4 Å². The second kappa shape index (κ2) is 7.08. The van der Waals surface area contributed by atoms with Gasteiger partial charge in [0, 0.05) is 17.1 Å². The summed E-state index contributed by atoms with van der Waals surface area (Å²) < 4.78 is 5.95. The maximum Gasteiger partial charge on any atom is 0.171 e.